The van der Waals surface area contributed by atoms with Gasteiger partial charge in [0.05, 0.1) is 11.4 Å². The summed E-state index contributed by atoms with van der Waals surface area (Å²) in [5, 5.41) is 4.67. The first-order valence-corrected chi connectivity index (χ1v) is 8.46. The number of hydrogen-bond acceptors (Lipinski definition) is 4. The van der Waals surface area contributed by atoms with Crippen LogP contribution in [-0.2, 0) is 6.42 Å². The van der Waals surface area contributed by atoms with Crippen molar-refractivity contribution in [2.45, 2.75) is 46.2 Å². The van der Waals surface area contributed by atoms with Crippen molar-refractivity contribution in [2.24, 2.45) is 0 Å². The molecule has 108 valence electrons. The highest BCUT2D eigenvalue weighted by Crippen LogP contribution is 2.28. The summed E-state index contributed by atoms with van der Waals surface area (Å²) >= 11 is 5.20. The van der Waals surface area contributed by atoms with Crippen molar-refractivity contribution in [2.75, 3.05) is 0 Å². The van der Waals surface area contributed by atoms with E-state index in [1.807, 2.05) is 18.3 Å². The Morgan fingerprint density at radius 3 is 2.60 bits per heavy atom. The van der Waals surface area contributed by atoms with Crippen LogP contribution in [0.4, 0.5) is 0 Å². The summed E-state index contributed by atoms with van der Waals surface area (Å²) in [5.74, 6) is 0. The van der Waals surface area contributed by atoms with Crippen molar-refractivity contribution in [3.8, 4) is 0 Å². The second kappa shape index (κ2) is 6.78. The van der Waals surface area contributed by atoms with Gasteiger partial charge < -0.3 is 5.32 Å². The number of hydrogen-bond donors (Lipinski definition) is 1. The third-order valence-corrected chi connectivity index (χ3v) is 4.58. The van der Waals surface area contributed by atoms with Crippen molar-refractivity contribution in [3.63, 3.8) is 0 Å². The molecule has 0 aliphatic rings. The molecule has 1 unspecified atom stereocenters. The molecule has 2 heterocycles. The van der Waals surface area contributed by atoms with Crippen LogP contribution in [0.5, 0.6) is 0 Å². The third kappa shape index (κ3) is 3.65. The van der Waals surface area contributed by atoms with Crippen molar-refractivity contribution in [1.82, 2.24) is 15.3 Å². The van der Waals surface area contributed by atoms with E-state index >= 15 is 0 Å². The number of thiazole rings is 1. The van der Waals surface area contributed by atoms with Gasteiger partial charge in [-0.2, -0.15) is 0 Å². The van der Waals surface area contributed by atoms with E-state index in [1.165, 1.54) is 10.6 Å². The number of nitrogens with zero attached hydrogens (tertiary/aromatic N) is 2. The average Bonchev–Trinajstić information content (AvgIpc) is 2.78. The van der Waals surface area contributed by atoms with Gasteiger partial charge in [0.2, 0.25) is 0 Å². The highest BCUT2D eigenvalue weighted by Gasteiger charge is 2.21. The van der Waals surface area contributed by atoms with Crippen LogP contribution in [0.2, 0.25) is 0 Å². The fraction of sp³-hybridized carbons (Fsp3) is 0.467. The van der Waals surface area contributed by atoms with E-state index < -0.39 is 0 Å². The standard InChI is InChI=1S/C15H20BrN3S/c1-5-12-10(4)20-15(19-12)14(18-9(2)3)13-7-6-11(16)8-17-13/h6-9,14,18H,5H2,1-4H3. The summed E-state index contributed by atoms with van der Waals surface area (Å²) < 4.78 is 0.995. The topological polar surface area (TPSA) is 37.8 Å². The molecule has 2 aromatic rings. The lowest BCUT2D eigenvalue weighted by atomic mass is 10.1. The van der Waals surface area contributed by atoms with Gasteiger partial charge in [-0.3, -0.25) is 4.98 Å². The third-order valence-electron chi connectivity index (χ3n) is 3.04. The predicted molar refractivity (Wildman–Crippen MR) is 88.3 cm³/mol. The lowest BCUT2D eigenvalue weighted by Crippen LogP contribution is -2.29. The Bertz CT molecular complexity index is 563. The molecule has 2 rings (SSSR count). The van der Waals surface area contributed by atoms with Crippen LogP contribution in [0.3, 0.4) is 0 Å². The second-order valence-electron chi connectivity index (χ2n) is 5.06. The largest absolute Gasteiger partial charge is 0.301 e. The molecule has 0 aromatic carbocycles. The number of rotatable bonds is 5. The van der Waals surface area contributed by atoms with Gasteiger partial charge in [0.15, 0.2) is 0 Å². The number of halogens is 1. The maximum absolute atomic E-state index is 4.78. The van der Waals surface area contributed by atoms with Crippen LogP contribution in [0, 0.1) is 6.92 Å². The molecule has 0 amide bonds. The van der Waals surface area contributed by atoms with Gasteiger partial charge in [0.1, 0.15) is 11.0 Å². The molecule has 1 N–H and O–H groups in total. The van der Waals surface area contributed by atoms with Crippen LogP contribution in [-0.4, -0.2) is 16.0 Å². The first-order valence-electron chi connectivity index (χ1n) is 6.85. The predicted octanol–water partition coefficient (Wildman–Crippen LogP) is 4.26. The van der Waals surface area contributed by atoms with Gasteiger partial charge in [-0.25, -0.2) is 4.98 Å². The smallest absolute Gasteiger partial charge is 0.116 e. The van der Waals surface area contributed by atoms with E-state index in [4.69, 9.17) is 4.98 Å². The number of pyridine rings is 1. The highest BCUT2D eigenvalue weighted by molar-refractivity contribution is 9.10. The summed E-state index contributed by atoms with van der Waals surface area (Å²) in [6.07, 6.45) is 2.82. The summed E-state index contributed by atoms with van der Waals surface area (Å²) in [5.41, 5.74) is 2.20. The normalized spacial score (nSPS) is 12.9. The average molecular weight is 354 g/mol. The Morgan fingerprint density at radius 1 is 1.35 bits per heavy atom. The van der Waals surface area contributed by atoms with Crippen LogP contribution in [0.1, 0.15) is 48.1 Å². The minimum atomic E-state index is 0.0621. The molecule has 0 spiro atoms. The van der Waals surface area contributed by atoms with E-state index in [0.717, 1.165) is 21.6 Å². The SMILES string of the molecule is CCc1nc(C(NC(C)C)c2ccc(Br)cn2)sc1C. The number of aromatic nitrogens is 2. The molecule has 0 saturated carbocycles. The zero-order chi connectivity index (χ0) is 14.7. The first-order chi connectivity index (χ1) is 9.51. The molecule has 5 heteroatoms. The van der Waals surface area contributed by atoms with Gasteiger partial charge in [-0.05, 0) is 55.3 Å². The van der Waals surface area contributed by atoms with Crippen molar-refractivity contribution in [1.29, 1.82) is 0 Å². The van der Waals surface area contributed by atoms with Crippen molar-refractivity contribution >= 4 is 27.3 Å². The molecular weight excluding hydrogens is 334 g/mol. The summed E-state index contributed by atoms with van der Waals surface area (Å²) in [4.78, 5) is 10.6. The highest BCUT2D eigenvalue weighted by atomic mass is 79.9. The van der Waals surface area contributed by atoms with Crippen molar-refractivity contribution in [3.05, 3.63) is 44.1 Å². The quantitative estimate of drug-likeness (QED) is 0.872. The van der Waals surface area contributed by atoms with Crippen molar-refractivity contribution < 1.29 is 0 Å². The minimum absolute atomic E-state index is 0.0621. The van der Waals surface area contributed by atoms with Gasteiger partial charge in [-0.15, -0.1) is 11.3 Å². The van der Waals surface area contributed by atoms with Gasteiger partial charge in [-0.1, -0.05) is 6.92 Å². The van der Waals surface area contributed by atoms with Gasteiger partial charge in [0.25, 0.3) is 0 Å². The molecule has 0 saturated heterocycles. The fourth-order valence-electron chi connectivity index (χ4n) is 2.08. The zero-order valence-electron chi connectivity index (χ0n) is 12.3. The van der Waals surface area contributed by atoms with Crippen LogP contribution >= 0.6 is 27.3 Å². The summed E-state index contributed by atoms with van der Waals surface area (Å²) in [7, 11) is 0. The second-order valence-corrected chi connectivity index (χ2v) is 7.21. The van der Waals surface area contributed by atoms with Gasteiger partial charge in [0, 0.05) is 21.6 Å². The van der Waals surface area contributed by atoms with Gasteiger partial charge >= 0.3 is 0 Å². The molecular formula is C15H20BrN3S. The molecule has 2 aromatic heterocycles. The van der Waals surface area contributed by atoms with E-state index in [-0.39, 0.29) is 6.04 Å². The lowest BCUT2D eigenvalue weighted by Gasteiger charge is -2.18. The molecule has 20 heavy (non-hydrogen) atoms. The van der Waals surface area contributed by atoms with E-state index in [1.54, 1.807) is 11.3 Å². The number of aryl methyl sites for hydroxylation is 2. The maximum atomic E-state index is 4.78. The Labute approximate surface area is 133 Å². The summed E-state index contributed by atoms with van der Waals surface area (Å²) in [6, 6.07) is 4.51. The Hall–Kier alpha value is -0.780. The molecule has 1 atom stereocenters. The van der Waals surface area contributed by atoms with Crippen LogP contribution in [0.15, 0.2) is 22.8 Å². The fourth-order valence-corrected chi connectivity index (χ4v) is 3.39. The molecule has 0 radical (unpaired) electrons. The lowest BCUT2D eigenvalue weighted by molar-refractivity contribution is 0.517. The minimum Gasteiger partial charge on any atom is -0.301 e. The Kier molecular flexibility index (Phi) is 5.29. The van der Waals surface area contributed by atoms with Crippen LogP contribution in [0.25, 0.3) is 0 Å². The summed E-state index contributed by atoms with van der Waals surface area (Å²) in [6.45, 7) is 8.58. The molecule has 3 nitrogen and oxygen atoms in total. The Balaban J connectivity index is 2.38. The molecule has 0 fully saturated rings. The first kappa shape index (κ1) is 15.6. The monoisotopic (exact) mass is 353 g/mol. The molecule has 0 aliphatic carbocycles. The maximum Gasteiger partial charge on any atom is 0.116 e. The van der Waals surface area contributed by atoms with Crippen LogP contribution < -0.4 is 5.32 Å². The number of nitrogens with one attached hydrogen (secondary N) is 1. The Morgan fingerprint density at radius 2 is 2.10 bits per heavy atom. The van der Waals surface area contributed by atoms with E-state index in [9.17, 15) is 0 Å². The molecule has 0 aliphatic heterocycles. The van der Waals surface area contributed by atoms with E-state index in [2.05, 4.69) is 53.9 Å². The zero-order valence-corrected chi connectivity index (χ0v) is 14.7. The van der Waals surface area contributed by atoms with E-state index in [0.29, 0.717) is 6.04 Å². The molecule has 0 bridgehead atoms.